The van der Waals surface area contributed by atoms with Crippen LogP contribution in [0.1, 0.15) is 51.9 Å². The Morgan fingerprint density at radius 1 is 1.26 bits per heavy atom. The van der Waals surface area contributed by atoms with E-state index in [4.69, 9.17) is 4.74 Å². The predicted molar refractivity (Wildman–Crippen MR) is 76.7 cm³/mol. The van der Waals surface area contributed by atoms with Gasteiger partial charge in [-0.15, -0.1) is 0 Å². The summed E-state index contributed by atoms with van der Waals surface area (Å²) in [5.41, 5.74) is 0. The maximum absolute atomic E-state index is 9.45. The highest BCUT2D eigenvalue weighted by atomic mass is 16.5. The van der Waals surface area contributed by atoms with E-state index in [9.17, 15) is 5.26 Å². The molecule has 2 aliphatic carbocycles. The number of hydrogen-bond acceptors (Lipinski definition) is 3. The van der Waals surface area contributed by atoms with E-state index < -0.39 is 0 Å². The normalized spacial score (nSPS) is 31.4. The summed E-state index contributed by atoms with van der Waals surface area (Å²) < 4.78 is 5.26. The largest absolute Gasteiger partial charge is 0.383 e. The summed E-state index contributed by atoms with van der Waals surface area (Å²) in [6.45, 7) is 4.07. The highest BCUT2D eigenvalue weighted by molar-refractivity contribution is 5.01. The minimum Gasteiger partial charge on any atom is -0.383 e. The van der Waals surface area contributed by atoms with Gasteiger partial charge in [0.25, 0.3) is 0 Å². The summed E-state index contributed by atoms with van der Waals surface area (Å²) in [4.78, 5) is 2.60. The van der Waals surface area contributed by atoms with Crippen molar-refractivity contribution in [2.75, 3.05) is 20.3 Å². The molecule has 0 radical (unpaired) electrons. The molecule has 0 amide bonds. The second kappa shape index (κ2) is 7.26. The molecule has 2 saturated carbocycles. The standard InChI is InChI=1S/C16H28N2O/c1-3-4-13-5-6-14(12-17)16(11-13)18(9-10-19-2)15-7-8-15/h13-16H,3-11H2,1-2H3. The zero-order valence-electron chi connectivity index (χ0n) is 12.5. The van der Waals surface area contributed by atoms with Gasteiger partial charge in [-0.1, -0.05) is 19.8 Å². The fraction of sp³-hybridized carbons (Fsp3) is 0.938. The maximum Gasteiger partial charge on any atom is 0.0672 e. The van der Waals surface area contributed by atoms with E-state index in [0.29, 0.717) is 6.04 Å². The molecular formula is C16H28N2O. The first-order chi connectivity index (χ1) is 9.30. The fourth-order valence-corrected chi connectivity index (χ4v) is 3.64. The molecule has 0 aromatic heterocycles. The van der Waals surface area contributed by atoms with Gasteiger partial charge in [0, 0.05) is 25.7 Å². The van der Waals surface area contributed by atoms with E-state index in [1.165, 1.54) is 38.5 Å². The Morgan fingerprint density at radius 3 is 2.63 bits per heavy atom. The predicted octanol–water partition coefficient (Wildman–Crippen LogP) is 3.21. The summed E-state index contributed by atoms with van der Waals surface area (Å²) in [6, 6.07) is 3.79. The van der Waals surface area contributed by atoms with Crippen LogP contribution in [-0.4, -0.2) is 37.2 Å². The SMILES string of the molecule is CCCC1CCC(C#N)C(N(CCOC)C2CC2)C1. The highest BCUT2D eigenvalue weighted by Gasteiger charge is 2.40. The summed E-state index contributed by atoms with van der Waals surface area (Å²) in [5.74, 6) is 1.08. The molecule has 3 atom stereocenters. The maximum atomic E-state index is 9.45. The van der Waals surface area contributed by atoms with Crippen LogP contribution in [0, 0.1) is 23.2 Å². The average molecular weight is 264 g/mol. The highest BCUT2D eigenvalue weighted by Crippen LogP contribution is 2.39. The van der Waals surface area contributed by atoms with Gasteiger partial charge in [0.1, 0.15) is 0 Å². The van der Waals surface area contributed by atoms with Crippen LogP contribution in [0.15, 0.2) is 0 Å². The first kappa shape index (κ1) is 14.8. The molecule has 0 spiro atoms. The first-order valence-corrected chi connectivity index (χ1v) is 7.94. The zero-order chi connectivity index (χ0) is 13.7. The molecule has 0 saturated heterocycles. The molecule has 3 heteroatoms. The van der Waals surface area contributed by atoms with Crippen LogP contribution in [0.4, 0.5) is 0 Å². The third-order valence-electron chi connectivity index (χ3n) is 4.78. The number of nitriles is 1. The fourth-order valence-electron chi connectivity index (χ4n) is 3.64. The Balaban J connectivity index is 2.00. The Labute approximate surface area is 117 Å². The molecule has 108 valence electrons. The smallest absolute Gasteiger partial charge is 0.0672 e. The van der Waals surface area contributed by atoms with Crippen molar-refractivity contribution in [3.05, 3.63) is 0 Å². The third kappa shape index (κ3) is 3.94. The summed E-state index contributed by atoms with van der Waals surface area (Å²) in [6.07, 6.45) is 8.82. The lowest BCUT2D eigenvalue weighted by Crippen LogP contribution is -2.46. The Hall–Kier alpha value is -0.590. The molecule has 0 N–H and O–H groups in total. The number of methoxy groups -OCH3 is 1. The summed E-state index contributed by atoms with van der Waals surface area (Å²) in [7, 11) is 1.77. The van der Waals surface area contributed by atoms with Crippen LogP contribution in [0.25, 0.3) is 0 Å². The van der Waals surface area contributed by atoms with Gasteiger partial charge in [0.2, 0.25) is 0 Å². The molecular weight excluding hydrogens is 236 g/mol. The van der Waals surface area contributed by atoms with Crippen molar-refractivity contribution >= 4 is 0 Å². The third-order valence-corrected chi connectivity index (χ3v) is 4.78. The molecule has 3 nitrogen and oxygen atoms in total. The van der Waals surface area contributed by atoms with E-state index in [1.807, 2.05) is 0 Å². The van der Waals surface area contributed by atoms with Gasteiger partial charge in [-0.3, -0.25) is 4.90 Å². The minimum atomic E-state index is 0.241. The Morgan fingerprint density at radius 2 is 2.05 bits per heavy atom. The lowest BCUT2D eigenvalue weighted by Gasteiger charge is -2.40. The van der Waals surface area contributed by atoms with E-state index >= 15 is 0 Å². The van der Waals surface area contributed by atoms with Gasteiger partial charge in [0.15, 0.2) is 0 Å². The van der Waals surface area contributed by atoms with Crippen molar-refractivity contribution in [3.63, 3.8) is 0 Å². The van der Waals surface area contributed by atoms with Crippen molar-refractivity contribution in [3.8, 4) is 6.07 Å². The lowest BCUT2D eigenvalue weighted by atomic mass is 9.76. The van der Waals surface area contributed by atoms with Crippen LogP contribution in [0.5, 0.6) is 0 Å². The molecule has 0 aromatic rings. The summed E-state index contributed by atoms with van der Waals surface area (Å²) >= 11 is 0. The molecule has 0 aromatic carbocycles. The monoisotopic (exact) mass is 264 g/mol. The summed E-state index contributed by atoms with van der Waals surface area (Å²) in [5, 5.41) is 9.45. The number of hydrogen-bond donors (Lipinski definition) is 0. The minimum absolute atomic E-state index is 0.241. The number of ether oxygens (including phenoxy) is 1. The Kier molecular flexibility index (Phi) is 5.66. The molecule has 19 heavy (non-hydrogen) atoms. The van der Waals surface area contributed by atoms with Crippen LogP contribution in [0.2, 0.25) is 0 Å². The van der Waals surface area contributed by atoms with Crippen molar-refractivity contribution < 1.29 is 4.74 Å². The quantitative estimate of drug-likeness (QED) is 0.708. The molecule has 2 fully saturated rings. The molecule has 0 heterocycles. The first-order valence-electron chi connectivity index (χ1n) is 7.94. The molecule has 2 aliphatic rings. The van der Waals surface area contributed by atoms with Crippen LogP contribution >= 0.6 is 0 Å². The van der Waals surface area contributed by atoms with Crippen molar-refractivity contribution in [2.24, 2.45) is 11.8 Å². The molecule has 0 bridgehead atoms. The van der Waals surface area contributed by atoms with Crippen molar-refractivity contribution in [1.29, 1.82) is 5.26 Å². The second-order valence-electron chi connectivity index (χ2n) is 6.23. The molecule has 3 unspecified atom stereocenters. The average Bonchev–Trinajstić information content (AvgIpc) is 3.25. The van der Waals surface area contributed by atoms with Crippen LogP contribution in [-0.2, 0) is 4.74 Å². The van der Waals surface area contributed by atoms with Gasteiger partial charge >= 0.3 is 0 Å². The van der Waals surface area contributed by atoms with E-state index in [-0.39, 0.29) is 5.92 Å². The van der Waals surface area contributed by atoms with E-state index in [2.05, 4.69) is 17.9 Å². The number of rotatable bonds is 7. The van der Waals surface area contributed by atoms with Gasteiger partial charge in [-0.25, -0.2) is 0 Å². The number of nitrogens with zero attached hydrogens (tertiary/aromatic N) is 2. The van der Waals surface area contributed by atoms with Crippen LogP contribution in [0.3, 0.4) is 0 Å². The lowest BCUT2D eigenvalue weighted by molar-refractivity contribution is 0.0624. The van der Waals surface area contributed by atoms with Crippen molar-refractivity contribution in [1.82, 2.24) is 4.90 Å². The molecule has 0 aliphatic heterocycles. The van der Waals surface area contributed by atoms with Gasteiger partial charge in [-0.05, 0) is 38.0 Å². The topological polar surface area (TPSA) is 36.3 Å². The van der Waals surface area contributed by atoms with Gasteiger partial charge in [-0.2, -0.15) is 5.26 Å². The van der Waals surface area contributed by atoms with Crippen molar-refractivity contribution in [2.45, 2.75) is 64.0 Å². The van der Waals surface area contributed by atoms with Gasteiger partial charge in [0.05, 0.1) is 18.6 Å². The van der Waals surface area contributed by atoms with E-state index in [0.717, 1.165) is 31.5 Å². The van der Waals surface area contributed by atoms with Gasteiger partial charge < -0.3 is 4.74 Å². The zero-order valence-corrected chi connectivity index (χ0v) is 12.5. The Bertz CT molecular complexity index is 308. The second-order valence-corrected chi connectivity index (χ2v) is 6.23. The van der Waals surface area contributed by atoms with E-state index in [1.54, 1.807) is 7.11 Å². The molecule has 2 rings (SSSR count). The van der Waals surface area contributed by atoms with Crippen LogP contribution < -0.4 is 0 Å².